The minimum atomic E-state index is -0.525. The van der Waals surface area contributed by atoms with Gasteiger partial charge in [0.25, 0.3) is 0 Å². The van der Waals surface area contributed by atoms with Crippen LogP contribution in [0.4, 0.5) is 0 Å². The molecular formula is C27H44O2. The number of hydrogen-bond donors (Lipinski definition) is 1. The second-order valence-electron chi connectivity index (χ2n) is 12.4. The summed E-state index contributed by atoms with van der Waals surface area (Å²) in [4.78, 5) is 12.1. The van der Waals surface area contributed by atoms with Crippen molar-refractivity contribution < 1.29 is 9.90 Å². The number of hydrogen-bond acceptors (Lipinski definition) is 2. The molecule has 0 aromatic carbocycles. The van der Waals surface area contributed by atoms with E-state index in [-0.39, 0.29) is 0 Å². The van der Waals surface area contributed by atoms with Crippen LogP contribution < -0.4 is 0 Å². The molecule has 29 heavy (non-hydrogen) atoms. The number of Topliss-reactive ketones (excluding diaryl/α,β-unsaturated/α-hetero) is 1. The molecule has 3 fully saturated rings. The van der Waals surface area contributed by atoms with Gasteiger partial charge in [-0.25, -0.2) is 0 Å². The predicted octanol–water partition coefficient (Wildman–Crippen LogP) is 6.71. The normalized spacial score (nSPS) is 43.2. The van der Waals surface area contributed by atoms with E-state index in [1.807, 2.05) is 13.8 Å². The fraction of sp³-hybridized carbons (Fsp3) is 0.889. The number of allylic oxidation sites excluding steroid dienone is 2. The summed E-state index contributed by atoms with van der Waals surface area (Å²) in [5, 5.41) is 10.1. The molecule has 1 N–H and O–H groups in total. The quantitative estimate of drug-likeness (QED) is 0.521. The molecule has 6 unspecified atom stereocenters. The molecule has 4 rings (SSSR count). The highest BCUT2D eigenvalue weighted by molar-refractivity contribution is 5.82. The van der Waals surface area contributed by atoms with E-state index in [0.29, 0.717) is 16.6 Å². The van der Waals surface area contributed by atoms with Crippen LogP contribution in [0.25, 0.3) is 0 Å². The Hall–Kier alpha value is -0.630. The van der Waals surface area contributed by atoms with Gasteiger partial charge in [0.1, 0.15) is 5.78 Å². The average Bonchev–Trinajstić information content (AvgIpc) is 2.98. The van der Waals surface area contributed by atoms with Crippen molar-refractivity contribution in [3.05, 3.63) is 11.6 Å². The molecule has 164 valence electrons. The summed E-state index contributed by atoms with van der Waals surface area (Å²) in [6.45, 7) is 11.5. The molecule has 0 aliphatic heterocycles. The van der Waals surface area contributed by atoms with E-state index >= 15 is 0 Å². The average molecular weight is 401 g/mol. The lowest BCUT2D eigenvalue weighted by Crippen LogP contribution is -2.50. The molecule has 7 atom stereocenters. The van der Waals surface area contributed by atoms with Gasteiger partial charge >= 0.3 is 0 Å². The van der Waals surface area contributed by atoms with Gasteiger partial charge < -0.3 is 5.11 Å². The van der Waals surface area contributed by atoms with Crippen LogP contribution >= 0.6 is 0 Å². The Morgan fingerprint density at radius 1 is 1.17 bits per heavy atom. The molecule has 2 nitrogen and oxygen atoms in total. The first kappa shape index (κ1) is 21.6. The number of carbonyl (C=O) groups excluding carboxylic acids is 1. The summed E-state index contributed by atoms with van der Waals surface area (Å²) in [6, 6.07) is 0. The summed E-state index contributed by atoms with van der Waals surface area (Å²) >= 11 is 0. The SMILES string of the molecule is C[C@H](CCCC(C)(C)O)C1CCC2C3CC=C4CC(=O)CCC4(C)C3CCC21C. The highest BCUT2D eigenvalue weighted by Crippen LogP contribution is 2.67. The van der Waals surface area contributed by atoms with E-state index in [9.17, 15) is 9.90 Å². The minimum absolute atomic E-state index is 0.300. The molecular weight excluding hydrogens is 356 g/mol. The molecule has 0 radical (unpaired) electrons. The van der Waals surface area contributed by atoms with Crippen molar-refractivity contribution in [2.75, 3.05) is 0 Å². The van der Waals surface area contributed by atoms with Gasteiger partial charge in [-0.05, 0) is 99.2 Å². The zero-order valence-electron chi connectivity index (χ0n) is 19.6. The second kappa shape index (κ2) is 7.50. The number of aliphatic hydroxyl groups is 1. The van der Waals surface area contributed by atoms with Crippen LogP contribution in [-0.2, 0) is 4.79 Å². The van der Waals surface area contributed by atoms with E-state index in [2.05, 4.69) is 26.8 Å². The fourth-order valence-electron chi connectivity index (χ4n) is 8.51. The standard InChI is InChI=1S/C27H44O2/c1-18(7-6-14-25(2,3)29)22-10-11-23-21-9-8-19-17-20(28)12-15-26(19,4)24(21)13-16-27(22,23)5/h8,18,21-24,29H,6-7,9-17H2,1-5H3/t18-,21?,22?,23?,24?,26?,27?/m1/s1. The summed E-state index contributed by atoms with van der Waals surface area (Å²) in [5.41, 5.74) is 1.77. The molecule has 0 amide bonds. The molecule has 4 aliphatic carbocycles. The van der Waals surface area contributed by atoms with Gasteiger partial charge in [-0.15, -0.1) is 0 Å². The fourth-order valence-corrected chi connectivity index (χ4v) is 8.51. The molecule has 0 aromatic rings. The van der Waals surface area contributed by atoms with E-state index in [4.69, 9.17) is 0 Å². The van der Waals surface area contributed by atoms with Crippen molar-refractivity contribution in [2.24, 2.45) is 40.4 Å². The summed E-state index contributed by atoms with van der Waals surface area (Å²) < 4.78 is 0. The number of rotatable bonds is 5. The lowest BCUT2D eigenvalue weighted by atomic mass is 9.47. The van der Waals surface area contributed by atoms with Gasteiger partial charge in [-0.1, -0.05) is 45.3 Å². The third-order valence-electron chi connectivity index (χ3n) is 10.1. The van der Waals surface area contributed by atoms with Gasteiger partial charge in [0.05, 0.1) is 5.60 Å². The van der Waals surface area contributed by atoms with E-state index in [1.54, 1.807) is 0 Å². The molecule has 4 aliphatic rings. The smallest absolute Gasteiger partial charge is 0.136 e. The Labute approximate surface area is 178 Å². The zero-order valence-corrected chi connectivity index (χ0v) is 19.6. The van der Waals surface area contributed by atoms with Crippen molar-refractivity contribution in [1.29, 1.82) is 0 Å². The van der Waals surface area contributed by atoms with E-state index in [0.717, 1.165) is 61.7 Å². The maximum atomic E-state index is 12.1. The van der Waals surface area contributed by atoms with Crippen molar-refractivity contribution in [3.8, 4) is 0 Å². The first-order valence-electron chi connectivity index (χ1n) is 12.5. The highest BCUT2D eigenvalue weighted by atomic mass is 16.3. The lowest BCUT2D eigenvalue weighted by Gasteiger charge is -2.58. The van der Waals surface area contributed by atoms with Crippen molar-refractivity contribution in [1.82, 2.24) is 0 Å². The largest absolute Gasteiger partial charge is 0.390 e. The first-order valence-corrected chi connectivity index (χ1v) is 12.5. The molecule has 0 aromatic heterocycles. The Morgan fingerprint density at radius 3 is 2.66 bits per heavy atom. The molecule has 0 bridgehead atoms. The second-order valence-corrected chi connectivity index (χ2v) is 12.4. The highest BCUT2D eigenvalue weighted by Gasteiger charge is 2.59. The van der Waals surface area contributed by atoms with Crippen LogP contribution in [0.15, 0.2) is 11.6 Å². The maximum absolute atomic E-state index is 12.1. The summed E-state index contributed by atoms with van der Waals surface area (Å²) in [7, 11) is 0. The maximum Gasteiger partial charge on any atom is 0.136 e. The molecule has 0 heterocycles. The van der Waals surface area contributed by atoms with Gasteiger partial charge in [-0.3, -0.25) is 4.79 Å². The lowest BCUT2D eigenvalue weighted by molar-refractivity contribution is -0.122. The van der Waals surface area contributed by atoms with E-state index < -0.39 is 5.60 Å². The monoisotopic (exact) mass is 400 g/mol. The Bertz CT molecular complexity index is 671. The summed E-state index contributed by atoms with van der Waals surface area (Å²) in [6.07, 6.45) is 15.3. The van der Waals surface area contributed by atoms with Crippen LogP contribution in [0.1, 0.15) is 105 Å². The topological polar surface area (TPSA) is 37.3 Å². The Balaban J connectivity index is 1.48. The third-order valence-corrected chi connectivity index (χ3v) is 10.1. The third kappa shape index (κ3) is 3.77. The van der Waals surface area contributed by atoms with Crippen molar-refractivity contribution in [3.63, 3.8) is 0 Å². The molecule has 3 saturated carbocycles. The predicted molar refractivity (Wildman–Crippen MR) is 120 cm³/mol. The Kier molecular flexibility index (Phi) is 5.59. The van der Waals surface area contributed by atoms with Crippen LogP contribution in [0.5, 0.6) is 0 Å². The van der Waals surface area contributed by atoms with E-state index in [1.165, 1.54) is 44.1 Å². The first-order chi connectivity index (χ1) is 13.5. The molecule has 0 saturated heterocycles. The summed E-state index contributed by atoms with van der Waals surface area (Å²) in [5.74, 6) is 4.59. The molecule has 2 heteroatoms. The van der Waals surface area contributed by atoms with Gasteiger partial charge in [0.15, 0.2) is 0 Å². The number of ketones is 1. The van der Waals surface area contributed by atoms with Gasteiger partial charge in [0.2, 0.25) is 0 Å². The van der Waals surface area contributed by atoms with Gasteiger partial charge in [-0.2, -0.15) is 0 Å². The van der Waals surface area contributed by atoms with Gasteiger partial charge in [0, 0.05) is 12.8 Å². The number of carbonyl (C=O) groups is 1. The van der Waals surface area contributed by atoms with Crippen LogP contribution in [0.3, 0.4) is 0 Å². The number of fused-ring (bicyclic) bond motifs is 5. The van der Waals surface area contributed by atoms with Crippen molar-refractivity contribution in [2.45, 2.75) is 111 Å². The van der Waals surface area contributed by atoms with Crippen LogP contribution in [0.2, 0.25) is 0 Å². The van der Waals surface area contributed by atoms with Crippen LogP contribution in [0, 0.1) is 40.4 Å². The van der Waals surface area contributed by atoms with Crippen molar-refractivity contribution >= 4 is 5.78 Å². The van der Waals surface area contributed by atoms with Crippen LogP contribution in [-0.4, -0.2) is 16.5 Å². The zero-order chi connectivity index (χ0) is 21.0. The Morgan fingerprint density at radius 2 is 1.93 bits per heavy atom. The minimum Gasteiger partial charge on any atom is -0.390 e. The molecule has 0 spiro atoms.